The summed E-state index contributed by atoms with van der Waals surface area (Å²) in [4.78, 5) is 6.63. The number of pyridine rings is 1. The Bertz CT molecular complexity index is 721. The zero-order valence-electron chi connectivity index (χ0n) is 13.1. The van der Waals surface area contributed by atoms with Crippen LogP contribution in [0.25, 0.3) is 0 Å². The van der Waals surface area contributed by atoms with Crippen LogP contribution in [0.5, 0.6) is 0 Å². The fraction of sp³-hybridized carbons (Fsp3) is 0.438. The summed E-state index contributed by atoms with van der Waals surface area (Å²) in [5.41, 5.74) is 0.485. The van der Waals surface area contributed by atoms with Crippen molar-refractivity contribution < 1.29 is 8.42 Å². The second-order valence-corrected chi connectivity index (χ2v) is 8.70. The first-order chi connectivity index (χ1) is 11.1. The summed E-state index contributed by atoms with van der Waals surface area (Å²) < 4.78 is 27.3. The molecule has 2 heterocycles. The van der Waals surface area contributed by atoms with E-state index in [2.05, 4.69) is 21.7 Å². The lowest BCUT2D eigenvalue weighted by molar-refractivity contribution is 0.426. The van der Waals surface area contributed by atoms with Crippen LogP contribution >= 0.6 is 11.3 Å². The molecule has 1 aliphatic rings. The van der Waals surface area contributed by atoms with E-state index in [0.29, 0.717) is 15.9 Å². The third-order valence-electron chi connectivity index (χ3n) is 4.24. The van der Waals surface area contributed by atoms with Gasteiger partial charge in [0, 0.05) is 13.1 Å². The Morgan fingerprint density at radius 2 is 2.00 bits per heavy atom. The minimum absolute atomic E-state index is 0.306. The summed E-state index contributed by atoms with van der Waals surface area (Å²) in [6.45, 7) is 0. The highest BCUT2D eigenvalue weighted by Gasteiger charge is 2.19. The Balaban J connectivity index is 1.69. The lowest BCUT2D eigenvalue weighted by Crippen LogP contribution is -2.33. The van der Waals surface area contributed by atoms with Crippen LogP contribution in [-0.4, -0.2) is 26.5 Å². The number of aromatic nitrogens is 1. The van der Waals surface area contributed by atoms with Gasteiger partial charge in [0.25, 0.3) is 10.0 Å². The topological polar surface area (TPSA) is 62.3 Å². The maximum atomic E-state index is 12.2. The molecule has 2 aromatic rings. The minimum Gasteiger partial charge on any atom is -0.357 e. The third kappa shape index (κ3) is 3.84. The number of nitrogens with zero attached hydrogens (tertiary/aromatic N) is 2. The van der Waals surface area contributed by atoms with Crippen molar-refractivity contribution in [2.24, 2.45) is 0 Å². The van der Waals surface area contributed by atoms with Crippen LogP contribution in [0.15, 0.2) is 40.1 Å². The maximum absolute atomic E-state index is 12.2. The van der Waals surface area contributed by atoms with Gasteiger partial charge in [0.15, 0.2) is 0 Å². The molecule has 0 aliphatic heterocycles. The molecular formula is C16H21N3O2S2. The van der Waals surface area contributed by atoms with Crippen LogP contribution in [0.2, 0.25) is 0 Å². The predicted octanol–water partition coefficient (Wildman–Crippen LogP) is 3.71. The molecule has 0 bridgehead atoms. The van der Waals surface area contributed by atoms with Crippen LogP contribution in [0, 0.1) is 0 Å². The highest BCUT2D eigenvalue weighted by Crippen LogP contribution is 2.26. The van der Waals surface area contributed by atoms with Gasteiger partial charge in [-0.2, -0.15) is 0 Å². The van der Waals surface area contributed by atoms with Gasteiger partial charge in [-0.05, 0) is 36.4 Å². The molecule has 0 radical (unpaired) electrons. The van der Waals surface area contributed by atoms with Crippen molar-refractivity contribution in [1.29, 1.82) is 0 Å². The fourth-order valence-electron chi connectivity index (χ4n) is 2.93. The maximum Gasteiger partial charge on any atom is 0.271 e. The van der Waals surface area contributed by atoms with Gasteiger partial charge in [-0.25, -0.2) is 13.4 Å². The quantitative estimate of drug-likeness (QED) is 0.892. The molecule has 0 spiro atoms. The van der Waals surface area contributed by atoms with Crippen LogP contribution in [0.1, 0.15) is 32.1 Å². The first-order valence-electron chi connectivity index (χ1n) is 7.81. The molecule has 0 unspecified atom stereocenters. The van der Waals surface area contributed by atoms with Crippen LogP contribution in [-0.2, 0) is 10.0 Å². The average Bonchev–Trinajstić information content (AvgIpc) is 3.11. The molecule has 1 aliphatic carbocycles. The standard InChI is InChI=1S/C16H21N3O2S2/c1-19(14-6-3-2-4-7-14)15-10-9-13(12-17-15)18-23(20,21)16-8-5-11-22-16/h5,8-12,14,18H,2-4,6-7H2,1H3. The van der Waals surface area contributed by atoms with Gasteiger partial charge in [-0.1, -0.05) is 25.3 Å². The normalized spacial score (nSPS) is 16.2. The summed E-state index contributed by atoms with van der Waals surface area (Å²) >= 11 is 1.20. The molecule has 1 saturated carbocycles. The summed E-state index contributed by atoms with van der Waals surface area (Å²) in [5.74, 6) is 0.885. The van der Waals surface area contributed by atoms with Crippen molar-refractivity contribution in [2.75, 3.05) is 16.7 Å². The molecule has 0 amide bonds. The molecule has 7 heteroatoms. The Hall–Kier alpha value is -1.60. The van der Waals surface area contributed by atoms with Gasteiger partial charge < -0.3 is 4.90 Å². The number of thiophene rings is 1. The fourth-order valence-corrected chi connectivity index (χ4v) is 4.97. The van der Waals surface area contributed by atoms with E-state index in [-0.39, 0.29) is 0 Å². The van der Waals surface area contributed by atoms with E-state index in [9.17, 15) is 8.42 Å². The Labute approximate surface area is 141 Å². The monoisotopic (exact) mass is 351 g/mol. The minimum atomic E-state index is -3.51. The zero-order chi connectivity index (χ0) is 16.3. The summed E-state index contributed by atoms with van der Waals surface area (Å²) in [6, 6.07) is 7.49. The van der Waals surface area contributed by atoms with Gasteiger partial charge in [0.2, 0.25) is 0 Å². The molecule has 124 valence electrons. The second kappa shape index (κ2) is 6.88. The van der Waals surface area contributed by atoms with Crippen molar-refractivity contribution in [1.82, 2.24) is 4.98 Å². The van der Waals surface area contributed by atoms with E-state index in [4.69, 9.17) is 0 Å². The summed E-state index contributed by atoms with van der Waals surface area (Å²) in [6.07, 6.45) is 7.85. The lowest BCUT2D eigenvalue weighted by Gasteiger charge is -2.32. The van der Waals surface area contributed by atoms with Crippen molar-refractivity contribution in [3.8, 4) is 0 Å². The van der Waals surface area contributed by atoms with E-state index in [1.54, 1.807) is 29.8 Å². The number of hydrogen-bond donors (Lipinski definition) is 1. The molecule has 2 aromatic heterocycles. The predicted molar refractivity (Wildman–Crippen MR) is 94.6 cm³/mol. The van der Waals surface area contributed by atoms with Gasteiger partial charge in [0.1, 0.15) is 10.0 Å². The Morgan fingerprint density at radius 3 is 2.61 bits per heavy atom. The molecule has 0 atom stereocenters. The summed E-state index contributed by atoms with van der Waals surface area (Å²) in [5, 5.41) is 1.75. The van der Waals surface area contributed by atoms with E-state index >= 15 is 0 Å². The van der Waals surface area contributed by atoms with Crippen LogP contribution in [0.3, 0.4) is 0 Å². The van der Waals surface area contributed by atoms with Gasteiger partial charge >= 0.3 is 0 Å². The molecule has 1 N–H and O–H groups in total. The smallest absolute Gasteiger partial charge is 0.271 e. The van der Waals surface area contributed by atoms with Crippen molar-refractivity contribution in [2.45, 2.75) is 42.4 Å². The second-order valence-electron chi connectivity index (χ2n) is 5.85. The average molecular weight is 351 g/mol. The lowest BCUT2D eigenvalue weighted by atomic mass is 9.94. The molecule has 0 saturated heterocycles. The van der Waals surface area contributed by atoms with Crippen molar-refractivity contribution in [3.63, 3.8) is 0 Å². The Morgan fingerprint density at radius 1 is 1.22 bits per heavy atom. The number of sulfonamides is 1. The van der Waals surface area contributed by atoms with Gasteiger partial charge in [-0.15, -0.1) is 11.3 Å². The first kappa shape index (κ1) is 16.3. The van der Waals surface area contributed by atoms with E-state index in [1.165, 1.54) is 43.4 Å². The van der Waals surface area contributed by atoms with E-state index in [0.717, 1.165) is 5.82 Å². The largest absolute Gasteiger partial charge is 0.357 e. The molecular weight excluding hydrogens is 330 g/mol. The van der Waals surface area contributed by atoms with E-state index in [1.807, 2.05) is 6.07 Å². The van der Waals surface area contributed by atoms with E-state index < -0.39 is 10.0 Å². The molecule has 3 rings (SSSR count). The van der Waals surface area contributed by atoms with Crippen molar-refractivity contribution in [3.05, 3.63) is 35.8 Å². The number of hydrogen-bond acceptors (Lipinski definition) is 5. The van der Waals surface area contributed by atoms with Gasteiger partial charge in [0.05, 0.1) is 11.9 Å². The number of nitrogens with one attached hydrogen (secondary N) is 1. The molecule has 0 aromatic carbocycles. The highest BCUT2D eigenvalue weighted by molar-refractivity contribution is 7.94. The molecule has 1 fully saturated rings. The van der Waals surface area contributed by atoms with Gasteiger partial charge in [-0.3, -0.25) is 4.72 Å². The molecule has 5 nitrogen and oxygen atoms in total. The first-order valence-corrected chi connectivity index (χ1v) is 10.2. The Kier molecular flexibility index (Phi) is 4.87. The van der Waals surface area contributed by atoms with Crippen LogP contribution in [0.4, 0.5) is 11.5 Å². The third-order valence-corrected chi connectivity index (χ3v) is 7.02. The highest BCUT2D eigenvalue weighted by atomic mass is 32.2. The zero-order valence-corrected chi connectivity index (χ0v) is 14.7. The summed E-state index contributed by atoms with van der Waals surface area (Å²) in [7, 11) is -1.45. The number of anilines is 2. The molecule has 23 heavy (non-hydrogen) atoms. The number of rotatable bonds is 5. The van der Waals surface area contributed by atoms with Crippen LogP contribution < -0.4 is 9.62 Å². The van der Waals surface area contributed by atoms with Crippen molar-refractivity contribution >= 4 is 32.9 Å². The SMILES string of the molecule is CN(c1ccc(NS(=O)(=O)c2cccs2)cn1)C1CCCCC1.